The Bertz CT molecular complexity index is 406. The van der Waals surface area contributed by atoms with Crippen molar-refractivity contribution >= 4 is 0 Å². The molecule has 2 aliphatic rings. The highest BCUT2D eigenvalue weighted by Crippen LogP contribution is 2.30. The van der Waals surface area contributed by atoms with Crippen LogP contribution in [0, 0.1) is 6.92 Å². The molecule has 0 atom stereocenters. The summed E-state index contributed by atoms with van der Waals surface area (Å²) in [6.45, 7) is 4.01. The van der Waals surface area contributed by atoms with Crippen LogP contribution < -0.4 is 5.32 Å². The van der Waals surface area contributed by atoms with E-state index in [1.807, 2.05) is 0 Å². The molecule has 1 fully saturated rings. The van der Waals surface area contributed by atoms with Gasteiger partial charge in [0.1, 0.15) is 5.82 Å². The monoisotopic (exact) mass is 231 g/mol. The topological polar surface area (TPSA) is 37.8 Å². The molecule has 1 saturated carbocycles. The molecule has 92 valence electrons. The van der Waals surface area contributed by atoms with Gasteiger partial charge >= 0.3 is 0 Å². The average molecular weight is 231 g/mol. The summed E-state index contributed by atoms with van der Waals surface area (Å²) >= 11 is 0. The molecule has 0 radical (unpaired) electrons. The highest BCUT2D eigenvalue weighted by Gasteiger charge is 2.21. The van der Waals surface area contributed by atoms with Crippen molar-refractivity contribution < 1.29 is 0 Å². The first kappa shape index (κ1) is 11.1. The summed E-state index contributed by atoms with van der Waals surface area (Å²) in [5.74, 6) is 1.73. The van der Waals surface area contributed by atoms with E-state index in [4.69, 9.17) is 9.97 Å². The number of nitrogens with zero attached hydrogens (tertiary/aromatic N) is 2. The van der Waals surface area contributed by atoms with Crippen LogP contribution in [0.5, 0.6) is 0 Å². The smallest absolute Gasteiger partial charge is 0.132 e. The molecule has 0 unspecified atom stereocenters. The number of nitrogens with one attached hydrogen (secondary N) is 1. The van der Waals surface area contributed by atoms with Gasteiger partial charge in [0.05, 0.1) is 5.69 Å². The minimum absolute atomic E-state index is 0.613. The highest BCUT2D eigenvalue weighted by molar-refractivity contribution is 5.29. The van der Waals surface area contributed by atoms with Crippen LogP contribution in [0.3, 0.4) is 0 Å². The Morgan fingerprint density at radius 1 is 1.00 bits per heavy atom. The Balaban J connectivity index is 1.89. The molecule has 0 aromatic carbocycles. The number of rotatable bonds is 1. The van der Waals surface area contributed by atoms with Gasteiger partial charge in [0.2, 0.25) is 0 Å². The molecular formula is C14H21N3. The van der Waals surface area contributed by atoms with Crippen molar-refractivity contribution in [1.82, 2.24) is 15.3 Å². The minimum atomic E-state index is 0.613. The zero-order valence-electron chi connectivity index (χ0n) is 10.6. The van der Waals surface area contributed by atoms with Gasteiger partial charge in [0, 0.05) is 30.3 Å². The van der Waals surface area contributed by atoms with E-state index >= 15 is 0 Å². The van der Waals surface area contributed by atoms with Crippen molar-refractivity contribution in [2.45, 2.75) is 64.5 Å². The zero-order chi connectivity index (χ0) is 11.7. The third kappa shape index (κ3) is 2.21. The number of aromatic nitrogens is 2. The van der Waals surface area contributed by atoms with E-state index < -0.39 is 0 Å². The summed E-state index contributed by atoms with van der Waals surface area (Å²) in [5, 5.41) is 3.37. The third-order valence-corrected chi connectivity index (χ3v) is 4.13. The summed E-state index contributed by atoms with van der Waals surface area (Å²) in [4.78, 5) is 9.56. The van der Waals surface area contributed by atoms with Gasteiger partial charge in [-0.2, -0.15) is 0 Å². The van der Waals surface area contributed by atoms with Crippen molar-refractivity contribution in [2.75, 3.05) is 0 Å². The summed E-state index contributed by atoms with van der Waals surface area (Å²) in [6.07, 6.45) is 8.05. The summed E-state index contributed by atoms with van der Waals surface area (Å²) in [7, 11) is 0. The van der Waals surface area contributed by atoms with Gasteiger partial charge in [-0.05, 0) is 19.8 Å². The van der Waals surface area contributed by atoms with Crippen LogP contribution in [0.4, 0.5) is 0 Å². The first-order valence-electron chi connectivity index (χ1n) is 6.91. The molecule has 1 aliphatic carbocycles. The van der Waals surface area contributed by atoms with E-state index in [0.29, 0.717) is 5.92 Å². The number of fused-ring (bicyclic) bond motifs is 1. The lowest BCUT2D eigenvalue weighted by Crippen LogP contribution is -2.08. The first-order valence-corrected chi connectivity index (χ1v) is 6.91. The quantitative estimate of drug-likeness (QED) is 0.755. The molecule has 0 bridgehead atoms. The minimum Gasteiger partial charge on any atom is -0.307 e. The molecule has 1 N–H and O–H groups in total. The van der Waals surface area contributed by atoms with Crippen LogP contribution in [-0.2, 0) is 13.1 Å². The number of hydrogen-bond acceptors (Lipinski definition) is 3. The summed E-state index contributed by atoms with van der Waals surface area (Å²) in [5.41, 5.74) is 3.78. The largest absolute Gasteiger partial charge is 0.307 e. The van der Waals surface area contributed by atoms with Crippen molar-refractivity contribution in [1.29, 1.82) is 0 Å². The Hall–Kier alpha value is -0.960. The van der Waals surface area contributed by atoms with Crippen molar-refractivity contribution in [2.24, 2.45) is 0 Å². The lowest BCUT2D eigenvalue weighted by atomic mass is 9.99. The van der Waals surface area contributed by atoms with Crippen LogP contribution in [0.1, 0.15) is 67.2 Å². The fourth-order valence-electron chi connectivity index (χ4n) is 3.08. The molecular weight excluding hydrogens is 210 g/mol. The molecule has 3 nitrogen and oxygen atoms in total. The van der Waals surface area contributed by atoms with E-state index in [9.17, 15) is 0 Å². The molecule has 17 heavy (non-hydrogen) atoms. The second-order valence-corrected chi connectivity index (χ2v) is 5.38. The van der Waals surface area contributed by atoms with Crippen molar-refractivity contribution in [3.8, 4) is 0 Å². The molecule has 0 spiro atoms. The Labute approximate surface area is 103 Å². The number of aryl methyl sites for hydroxylation is 1. The SMILES string of the molecule is Cc1nc(C2CCCCCC2)nc2c1CNC2. The van der Waals surface area contributed by atoms with Crippen LogP contribution in [-0.4, -0.2) is 9.97 Å². The maximum Gasteiger partial charge on any atom is 0.132 e. The van der Waals surface area contributed by atoms with Crippen LogP contribution >= 0.6 is 0 Å². The molecule has 3 heteroatoms. The van der Waals surface area contributed by atoms with Crippen LogP contribution in [0.15, 0.2) is 0 Å². The van der Waals surface area contributed by atoms with E-state index in [0.717, 1.165) is 18.9 Å². The maximum absolute atomic E-state index is 4.81. The predicted molar refractivity (Wildman–Crippen MR) is 67.8 cm³/mol. The first-order chi connectivity index (χ1) is 8.34. The van der Waals surface area contributed by atoms with Crippen molar-refractivity contribution in [3.05, 3.63) is 22.8 Å². The summed E-state index contributed by atoms with van der Waals surface area (Å²) in [6, 6.07) is 0. The van der Waals surface area contributed by atoms with E-state index in [1.165, 1.54) is 55.5 Å². The van der Waals surface area contributed by atoms with Gasteiger partial charge < -0.3 is 5.32 Å². The predicted octanol–water partition coefficient (Wildman–Crippen LogP) is 2.83. The fourth-order valence-corrected chi connectivity index (χ4v) is 3.08. The van der Waals surface area contributed by atoms with Gasteiger partial charge in [-0.25, -0.2) is 9.97 Å². The van der Waals surface area contributed by atoms with Gasteiger partial charge in [0.25, 0.3) is 0 Å². The maximum atomic E-state index is 4.81. The van der Waals surface area contributed by atoms with Gasteiger partial charge in [0.15, 0.2) is 0 Å². The molecule has 2 heterocycles. The molecule has 3 rings (SSSR count). The zero-order valence-corrected chi connectivity index (χ0v) is 10.6. The Morgan fingerprint density at radius 2 is 1.76 bits per heavy atom. The highest BCUT2D eigenvalue weighted by atomic mass is 15.0. The Kier molecular flexibility index (Phi) is 3.10. The van der Waals surface area contributed by atoms with Crippen LogP contribution in [0.25, 0.3) is 0 Å². The average Bonchev–Trinajstić information content (AvgIpc) is 2.63. The molecule has 1 aliphatic heterocycles. The van der Waals surface area contributed by atoms with E-state index in [-0.39, 0.29) is 0 Å². The third-order valence-electron chi connectivity index (χ3n) is 4.13. The van der Waals surface area contributed by atoms with Crippen LogP contribution in [0.2, 0.25) is 0 Å². The number of hydrogen-bond donors (Lipinski definition) is 1. The normalized spacial score (nSPS) is 21.2. The van der Waals surface area contributed by atoms with Crippen molar-refractivity contribution in [3.63, 3.8) is 0 Å². The standard InChI is InChI=1S/C14H21N3/c1-10-12-8-15-9-13(12)17-14(16-10)11-6-4-2-3-5-7-11/h11,15H,2-9H2,1H3. The Morgan fingerprint density at radius 3 is 2.53 bits per heavy atom. The lowest BCUT2D eigenvalue weighted by Gasteiger charge is -2.14. The molecule has 1 aromatic rings. The van der Waals surface area contributed by atoms with Gasteiger partial charge in [-0.3, -0.25) is 0 Å². The van der Waals surface area contributed by atoms with Gasteiger partial charge in [-0.1, -0.05) is 25.7 Å². The van der Waals surface area contributed by atoms with E-state index in [1.54, 1.807) is 0 Å². The lowest BCUT2D eigenvalue weighted by molar-refractivity contribution is 0.555. The molecule has 0 saturated heterocycles. The fraction of sp³-hybridized carbons (Fsp3) is 0.714. The summed E-state index contributed by atoms with van der Waals surface area (Å²) < 4.78 is 0. The van der Waals surface area contributed by atoms with Gasteiger partial charge in [-0.15, -0.1) is 0 Å². The molecule has 0 amide bonds. The van der Waals surface area contributed by atoms with E-state index in [2.05, 4.69) is 12.2 Å². The second kappa shape index (κ2) is 4.73. The second-order valence-electron chi connectivity index (χ2n) is 5.38. The molecule has 1 aromatic heterocycles.